The third-order valence-corrected chi connectivity index (χ3v) is 2.75. The van der Waals surface area contributed by atoms with Gasteiger partial charge in [-0.1, -0.05) is 46.3 Å². The normalized spacial score (nSPS) is 10.3. The van der Waals surface area contributed by atoms with Crippen LogP contribution in [0.5, 0.6) is 0 Å². The number of aromatic nitrogens is 1. The molecule has 76 valence electrons. The lowest BCUT2D eigenvalue weighted by Crippen LogP contribution is -1.91. The lowest BCUT2D eigenvalue weighted by atomic mass is 10.1. The van der Waals surface area contributed by atoms with Crippen molar-refractivity contribution in [2.45, 2.75) is 5.33 Å². The second-order valence-corrected chi connectivity index (χ2v) is 3.72. The molecule has 1 heterocycles. The van der Waals surface area contributed by atoms with Crippen molar-refractivity contribution in [1.29, 1.82) is 0 Å². The molecule has 1 nitrogen and oxygen atoms in total. The van der Waals surface area contributed by atoms with Crippen LogP contribution in [-0.2, 0) is 5.33 Å². The second kappa shape index (κ2) is 4.53. The van der Waals surface area contributed by atoms with E-state index < -0.39 is 0 Å². The molecule has 0 unspecified atom stereocenters. The van der Waals surface area contributed by atoms with Gasteiger partial charge in [0.2, 0.25) is 0 Å². The largest absolute Gasteiger partial charge is 0.253 e. The fraction of sp³-hybridized carbons (Fsp3) is 0.0833. The molecule has 0 aliphatic heterocycles. The Balaban J connectivity index is 2.46. The first kappa shape index (κ1) is 10.3. The molecule has 0 spiro atoms. The molecule has 0 radical (unpaired) electrons. The van der Waals surface area contributed by atoms with Crippen LogP contribution in [0.2, 0.25) is 0 Å². The van der Waals surface area contributed by atoms with Crippen LogP contribution in [0.25, 0.3) is 11.3 Å². The molecule has 1 aromatic heterocycles. The van der Waals surface area contributed by atoms with Crippen LogP contribution in [-0.4, -0.2) is 4.98 Å². The second-order valence-electron chi connectivity index (χ2n) is 3.16. The maximum absolute atomic E-state index is 13.2. The number of hydrogen-bond acceptors (Lipinski definition) is 1. The topological polar surface area (TPSA) is 12.9 Å². The number of alkyl halides is 1. The van der Waals surface area contributed by atoms with Gasteiger partial charge >= 0.3 is 0 Å². The van der Waals surface area contributed by atoms with E-state index in [9.17, 15) is 4.39 Å². The number of rotatable bonds is 2. The van der Waals surface area contributed by atoms with Gasteiger partial charge in [-0.25, -0.2) is 4.39 Å². The molecule has 1 aromatic carbocycles. The van der Waals surface area contributed by atoms with Crippen molar-refractivity contribution in [3.63, 3.8) is 0 Å². The molecule has 0 saturated heterocycles. The Bertz CT molecular complexity index is 456. The average Bonchev–Trinajstić information content (AvgIpc) is 2.31. The zero-order valence-electron chi connectivity index (χ0n) is 7.95. The highest BCUT2D eigenvalue weighted by molar-refractivity contribution is 9.08. The quantitative estimate of drug-likeness (QED) is 0.754. The molecule has 0 aliphatic carbocycles. The molecule has 2 aromatic rings. The van der Waals surface area contributed by atoms with Gasteiger partial charge in [-0.2, -0.15) is 0 Å². The highest BCUT2D eigenvalue weighted by Crippen LogP contribution is 2.20. The van der Waals surface area contributed by atoms with Crippen molar-refractivity contribution in [3.05, 3.63) is 54.0 Å². The van der Waals surface area contributed by atoms with E-state index in [-0.39, 0.29) is 5.82 Å². The smallest absolute Gasteiger partial charge is 0.145 e. The minimum atomic E-state index is -0.272. The molecule has 0 aliphatic rings. The van der Waals surface area contributed by atoms with Crippen LogP contribution in [0.15, 0.2) is 42.6 Å². The van der Waals surface area contributed by atoms with E-state index in [1.54, 1.807) is 6.07 Å². The van der Waals surface area contributed by atoms with Crippen molar-refractivity contribution >= 4 is 15.9 Å². The number of halogens is 2. The lowest BCUT2D eigenvalue weighted by Gasteiger charge is -2.03. The molecule has 0 N–H and O–H groups in total. The van der Waals surface area contributed by atoms with Crippen molar-refractivity contribution in [2.75, 3.05) is 0 Å². The van der Waals surface area contributed by atoms with Gasteiger partial charge in [-0.05, 0) is 6.07 Å². The highest BCUT2D eigenvalue weighted by Gasteiger charge is 2.04. The summed E-state index contributed by atoms with van der Waals surface area (Å²) in [7, 11) is 0. The molecule has 0 bridgehead atoms. The van der Waals surface area contributed by atoms with Crippen LogP contribution in [0.1, 0.15) is 5.56 Å². The van der Waals surface area contributed by atoms with Gasteiger partial charge in [0.25, 0.3) is 0 Å². The summed E-state index contributed by atoms with van der Waals surface area (Å²) in [6.45, 7) is 0. The Morgan fingerprint density at radius 2 is 1.93 bits per heavy atom. The summed E-state index contributed by atoms with van der Waals surface area (Å²) >= 11 is 3.25. The molecule has 0 atom stereocenters. The molecule has 0 amide bonds. The fourth-order valence-electron chi connectivity index (χ4n) is 1.35. The van der Waals surface area contributed by atoms with Crippen LogP contribution in [0.3, 0.4) is 0 Å². The van der Waals surface area contributed by atoms with Gasteiger partial charge in [-0.3, -0.25) is 4.98 Å². The van der Waals surface area contributed by atoms with Crippen molar-refractivity contribution in [1.82, 2.24) is 4.98 Å². The van der Waals surface area contributed by atoms with Crippen molar-refractivity contribution in [2.24, 2.45) is 0 Å². The van der Waals surface area contributed by atoms with Crippen molar-refractivity contribution < 1.29 is 4.39 Å². The monoisotopic (exact) mass is 265 g/mol. The van der Waals surface area contributed by atoms with Crippen LogP contribution in [0, 0.1) is 5.82 Å². The summed E-state index contributed by atoms with van der Waals surface area (Å²) < 4.78 is 13.2. The summed E-state index contributed by atoms with van der Waals surface area (Å²) in [5.74, 6) is -0.272. The van der Waals surface area contributed by atoms with Gasteiger partial charge < -0.3 is 0 Å². The predicted octanol–water partition coefficient (Wildman–Crippen LogP) is 3.78. The summed E-state index contributed by atoms with van der Waals surface area (Å²) in [5, 5.41) is 0.501. The Kier molecular flexibility index (Phi) is 3.11. The standard InChI is InChI=1S/C12H9BrFN/c13-7-10-6-12(15-8-11(10)14)9-4-2-1-3-5-9/h1-6,8H,7H2. The van der Waals surface area contributed by atoms with Crippen LogP contribution >= 0.6 is 15.9 Å². The molecular weight excluding hydrogens is 257 g/mol. The van der Waals surface area contributed by atoms with E-state index in [4.69, 9.17) is 0 Å². The Hall–Kier alpha value is -1.22. The van der Waals surface area contributed by atoms with Gasteiger partial charge in [0.05, 0.1) is 11.9 Å². The zero-order chi connectivity index (χ0) is 10.7. The number of benzene rings is 1. The predicted molar refractivity (Wildman–Crippen MR) is 62.3 cm³/mol. The Morgan fingerprint density at radius 3 is 2.60 bits per heavy atom. The first-order valence-electron chi connectivity index (χ1n) is 4.57. The highest BCUT2D eigenvalue weighted by atomic mass is 79.9. The molecule has 3 heteroatoms. The summed E-state index contributed by atoms with van der Waals surface area (Å²) in [6.07, 6.45) is 1.26. The van der Waals surface area contributed by atoms with E-state index in [1.807, 2.05) is 30.3 Å². The summed E-state index contributed by atoms with van der Waals surface area (Å²) in [5.41, 5.74) is 2.43. The molecular formula is C12H9BrFN. The number of nitrogens with zero attached hydrogens (tertiary/aromatic N) is 1. The maximum atomic E-state index is 13.2. The summed E-state index contributed by atoms with van der Waals surface area (Å²) in [4.78, 5) is 4.06. The van der Waals surface area contributed by atoms with Gasteiger partial charge in [0.1, 0.15) is 5.82 Å². The first-order chi connectivity index (χ1) is 7.31. The maximum Gasteiger partial charge on any atom is 0.145 e. The van der Waals surface area contributed by atoms with E-state index in [2.05, 4.69) is 20.9 Å². The van der Waals surface area contributed by atoms with Crippen LogP contribution < -0.4 is 0 Å². The average molecular weight is 266 g/mol. The van der Waals surface area contributed by atoms with E-state index >= 15 is 0 Å². The van der Waals surface area contributed by atoms with Crippen LogP contribution in [0.4, 0.5) is 4.39 Å². The van der Waals surface area contributed by atoms with Gasteiger partial charge in [0.15, 0.2) is 0 Å². The van der Waals surface area contributed by atoms with E-state index in [1.165, 1.54) is 6.20 Å². The molecule has 2 rings (SSSR count). The van der Waals surface area contributed by atoms with E-state index in [0.29, 0.717) is 10.9 Å². The Labute approximate surface area is 96.1 Å². The minimum absolute atomic E-state index is 0.272. The number of pyridine rings is 1. The summed E-state index contributed by atoms with van der Waals surface area (Å²) in [6, 6.07) is 11.5. The fourth-order valence-corrected chi connectivity index (χ4v) is 1.78. The molecule has 15 heavy (non-hydrogen) atoms. The molecule has 0 fully saturated rings. The lowest BCUT2D eigenvalue weighted by molar-refractivity contribution is 0.611. The van der Waals surface area contributed by atoms with Crippen molar-refractivity contribution in [3.8, 4) is 11.3 Å². The Morgan fingerprint density at radius 1 is 1.20 bits per heavy atom. The zero-order valence-corrected chi connectivity index (χ0v) is 9.54. The minimum Gasteiger partial charge on any atom is -0.253 e. The van der Waals surface area contributed by atoms with E-state index in [0.717, 1.165) is 11.3 Å². The van der Waals surface area contributed by atoms with Gasteiger partial charge in [0, 0.05) is 16.5 Å². The SMILES string of the molecule is Fc1cnc(-c2ccccc2)cc1CBr. The molecule has 0 saturated carbocycles. The third kappa shape index (κ3) is 2.23. The first-order valence-corrected chi connectivity index (χ1v) is 5.69. The number of hydrogen-bond donors (Lipinski definition) is 0. The third-order valence-electron chi connectivity index (χ3n) is 2.15. The van der Waals surface area contributed by atoms with Gasteiger partial charge in [-0.15, -0.1) is 0 Å².